The maximum atomic E-state index is 5.04. The molecule has 1 atom stereocenters. The van der Waals surface area contributed by atoms with Crippen molar-refractivity contribution in [1.82, 2.24) is 5.43 Å². The molecule has 1 unspecified atom stereocenters. The summed E-state index contributed by atoms with van der Waals surface area (Å²) in [4.78, 5) is 0. The van der Waals surface area contributed by atoms with Gasteiger partial charge in [-0.15, -0.1) is 0 Å². The number of hydrazine groups is 1. The van der Waals surface area contributed by atoms with Gasteiger partial charge in [0.2, 0.25) is 0 Å². The molecular weight excluding hydrogens is 181 g/mol. The summed E-state index contributed by atoms with van der Waals surface area (Å²) in [5.41, 5.74) is 7.33. The lowest BCUT2D eigenvalue weighted by Gasteiger charge is -1.93. The summed E-state index contributed by atoms with van der Waals surface area (Å²) in [5, 5.41) is 0. The monoisotopic (exact) mass is 187 g/mol. The van der Waals surface area contributed by atoms with Gasteiger partial charge in [-0.2, -0.15) is 0 Å². The summed E-state index contributed by atoms with van der Waals surface area (Å²) in [5.74, 6) is 4.79. The van der Waals surface area contributed by atoms with Crippen molar-refractivity contribution in [3.8, 4) is 0 Å². The van der Waals surface area contributed by atoms with Gasteiger partial charge in [0.05, 0.1) is 0 Å². The molecule has 0 spiro atoms. The average molecular weight is 187 g/mol. The molecule has 0 aliphatic rings. The minimum atomic E-state index is -0.118. The SMILES string of the molecule is NNC(N)I. The topological polar surface area (TPSA) is 64.1 Å². The van der Waals surface area contributed by atoms with Crippen molar-refractivity contribution < 1.29 is 0 Å². The molecule has 32 valence electrons. The first-order chi connectivity index (χ1) is 2.27. The zero-order chi connectivity index (χ0) is 4.28. The van der Waals surface area contributed by atoms with E-state index in [0.717, 1.165) is 0 Å². The highest BCUT2D eigenvalue weighted by atomic mass is 127. The predicted molar refractivity (Wildman–Crippen MR) is 29.3 cm³/mol. The fourth-order valence-electron chi connectivity index (χ4n) is 0. The molecule has 0 saturated heterocycles. The standard InChI is InChI=1S/CH6IN3/c2-1(3)5-4/h1,5H,3-4H2. The van der Waals surface area contributed by atoms with Gasteiger partial charge < -0.3 is 5.73 Å². The molecule has 0 amide bonds. The first-order valence-corrected chi connectivity index (χ1v) is 2.37. The van der Waals surface area contributed by atoms with E-state index in [-0.39, 0.29) is 4.17 Å². The van der Waals surface area contributed by atoms with Crippen LogP contribution in [0, 0.1) is 0 Å². The summed E-state index contributed by atoms with van der Waals surface area (Å²) in [6.07, 6.45) is 0. The number of hydrogen-bond donors (Lipinski definition) is 3. The summed E-state index contributed by atoms with van der Waals surface area (Å²) in [7, 11) is 0. The van der Waals surface area contributed by atoms with Crippen LogP contribution in [-0.4, -0.2) is 4.17 Å². The molecule has 5 N–H and O–H groups in total. The van der Waals surface area contributed by atoms with Crippen LogP contribution in [0.5, 0.6) is 0 Å². The highest BCUT2D eigenvalue weighted by Crippen LogP contribution is 1.77. The van der Waals surface area contributed by atoms with Crippen LogP contribution in [0.2, 0.25) is 0 Å². The molecule has 0 radical (unpaired) electrons. The van der Waals surface area contributed by atoms with Crippen LogP contribution in [0.1, 0.15) is 0 Å². The number of alkyl halides is 1. The fraction of sp³-hybridized carbons (Fsp3) is 1.00. The van der Waals surface area contributed by atoms with Crippen molar-refractivity contribution >= 4 is 22.6 Å². The fourth-order valence-corrected chi connectivity index (χ4v) is 0. The number of nitrogens with two attached hydrogens (primary N) is 2. The Morgan fingerprint density at radius 2 is 2.00 bits per heavy atom. The van der Waals surface area contributed by atoms with Crippen molar-refractivity contribution in [2.45, 2.75) is 4.17 Å². The number of halogens is 1. The third-order valence-corrected chi connectivity index (χ3v) is 0.519. The van der Waals surface area contributed by atoms with Crippen LogP contribution in [0.15, 0.2) is 0 Å². The van der Waals surface area contributed by atoms with Gasteiger partial charge in [0.1, 0.15) is 4.17 Å². The predicted octanol–water partition coefficient (Wildman–Crippen LogP) is -0.873. The Bertz CT molecular complexity index is 20.9. The third kappa shape index (κ3) is 4.61. The highest BCUT2D eigenvalue weighted by molar-refractivity contribution is 14.1. The van der Waals surface area contributed by atoms with E-state index in [4.69, 9.17) is 11.6 Å². The van der Waals surface area contributed by atoms with E-state index in [9.17, 15) is 0 Å². The summed E-state index contributed by atoms with van der Waals surface area (Å²) < 4.78 is -0.118. The molecule has 0 aromatic heterocycles. The van der Waals surface area contributed by atoms with E-state index in [1.165, 1.54) is 0 Å². The summed E-state index contributed by atoms with van der Waals surface area (Å²) >= 11 is 1.95. The zero-order valence-electron chi connectivity index (χ0n) is 2.61. The van der Waals surface area contributed by atoms with E-state index < -0.39 is 0 Å². The minimum Gasteiger partial charge on any atom is -0.307 e. The van der Waals surface area contributed by atoms with E-state index in [1.54, 1.807) is 0 Å². The molecular formula is CH6IN3. The van der Waals surface area contributed by atoms with Crippen molar-refractivity contribution in [2.75, 3.05) is 0 Å². The molecule has 0 saturated carbocycles. The number of rotatable bonds is 1. The lowest BCUT2D eigenvalue weighted by Crippen LogP contribution is -2.36. The van der Waals surface area contributed by atoms with Crippen LogP contribution >= 0.6 is 22.6 Å². The van der Waals surface area contributed by atoms with E-state index in [1.807, 2.05) is 22.6 Å². The lowest BCUT2D eigenvalue weighted by atomic mass is 11.2. The lowest BCUT2D eigenvalue weighted by molar-refractivity contribution is 0.733. The molecule has 0 aromatic carbocycles. The van der Waals surface area contributed by atoms with Crippen molar-refractivity contribution in [1.29, 1.82) is 0 Å². The Morgan fingerprint density at radius 3 is 2.00 bits per heavy atom. The second-order valence-electron chi connectivity index (χ2n) is 0.568. The third-order valence-electron chi connectivity index (χ3n) is 0.159. The molecule has 0 fully saturated rings. The van der Waals surface area contributed by atoms with Gasteiger partial charge in [-0.05, 0) is 22.6 Å². The van der Waals surface area contributed by atoms with Gasteiger partial charge in [-0.3, -0.25) is 5.84 Å². The molecule has 0 aliphatic carbocycles. The molecule has 4 heteroatoms. The molecule has 0 heterocycles. The largest absolute Gasteiger partial charge is 0.307 e. The van der Waals surface area contributed by atoms with Gasteiger partial charge >= 0.3 is 0 Å². The average Bonchev–Trinajstić information content (AvgIpc) is 1.38. The molecule has 3 nitrogen and oxygen atoms in total. The Kier molecular flexibility index (Phi) is 3.17. The van der Waals surface area contributed by atoms with Gasteiger partial charge in [0, 0.05) is 0 Å². The van der Waals surface area contributed by atoms with Crippen molar-refractivity contribution in [3.63, 3.8) is 0 Å². The Morgan fingerprint density at radius 1 is 1.80 bits per heavy atom. The normalized spacial score (nSPS) is 15.0. The van der Waals surface area contributed by atoms with Gasteiger partial charge in [-0.25, -0.2) is 5.43 Å². The number of hydrogen-bond acceptors (Lipinski definition) is 3. The van der Waals surface area contributed by atoms with Crippen LogP contribution in [-0.2, 0) is 0 Å². The van der Waals surface area contributed by atoms with Crippen LogP contribution in [0.3, 0.4) is 0 Å². The van der Waals surface area contributed by atoms with Crippen LogP contribution in [0.4, 0.5) is 0 Å². The number of nitrogens with one attached hydrogen (secondary N) is 1. The van der Waals surface area contributed by atoms with Gasteiger partial charge in [-0.1, -0.05) is 0 Å². The van der Waals surface area contributed by atoms with Crippen LogP contribution < -0.4 is 17.0 Å². The molecule has 0 bridgehead atoms. The Labute approximate surface area is 44.2 Å². The first kappa shape index (κ1) is 5.61. The van der Waals surface area contributed by atoms with Gasteiger partial charge in [0.15, 0.2) is 0 Å². The Balaban J connectivity index is 2.54. The second-order valence-corrected chi connectivity index (χ2v) is 1.91. The minimum absolute atomic E-state index is 0.118. The summed E-state index contributed by atoms with van der Waals surface area (Å²) in [6, 6.07) is 0. The first-order valence-electron chi connectivity index (χ1n) is 1.13. The van der Waals surface area contributed by atoms with Crippen molar-refractivity contribution in [2.24, 2.45) is 11.6 Å². The maximum Gasteiger partial charge on any atom is 0.121 e. The van der Waals surface area contributed by atoms with Gasteiger partial charge in [0.25, 0.3) is 0 Å². The van der Waals surface area contributed by atoms with Crippen LogP contribution in [0.25, 0.3) is 0 Å². The molecule has 0 rings (SSSR count). The quantitative estimate of drug-likeness (QED) is 0.125. The molecule has 0 aromatic rings. The maximum absolute atomic E-state index is 5.04. The van der Waals surface area contributed by atoms with E-state index in [2.05, 4.69) is 5.43 Å². The van der Waals surface area contributed by atoms with E-state index >= 15 is 0 Å². The zero-order valence-corrected chi connectivity index (χ0v) is 4.77. The highest BCUT2D eigenvalue weighted by Gasteiger charge is 1.79. The van der Waals surface area contributed by atoms with E-state index in [0.29, 0.717) is 0 Å². The second kappa shape index (κ2) is 2.83. The Hall–Kier alpha value is 0.610. The molecule has 0 aliphatic heterocycles. The molecule has 5 heavy (non-hydrogen) atoms. The summed E-state index contributed by atoms with van der Waals surface area (Å²) in [6.45, 7) is 0. The van der Waals surface area contributed by atoms with Crippen molar-refractivity contribution in [3.05, 3.63) is 0 Å². The smallest absolute Gasteiger partial charge is 0.121 e.